The summed E-state index contributed by atoms with van der Waals surface area (Å²) in [6.07, 6.45) is 0.115. The van der Waals surface area contributed by atoms with Crippen LogP contribution in [0, 0.1) is 0 Å². The van der Waals surface area contributed by atoms with E-state index in [0.29, 0.717) is 12.2 Å². The second kappa shape index (κ2) is 6.21. The van der Waals surface area contributed by atoms with E-state index in [1.165, 1.54) is 0 Å². The number of alkyl halides is 2. The van der Waals surface area contributed by atoms with Crippen molar-refractivity contribution in [3.8, 4) is 5.75 Å². The Morgan fingerprint density at radius 3 is 2.33 bits per heavy atom. The number of aliphatic hydroxyl groups is 1. The van der Waals surface area contributed by atoms with E-state index in [2.05, 4.69) is 0 Å². The molecule has 1 atom stereocenters. The Labute approximate surface area is 99.8 Å². The van der Waals surface area contributed by atoms with Gasteiger partial charge in [0.1, 0.15) is 16.7 Å². The van der Waals surface area contributed by atoms with Crippen LogP contribution in [0.5, 0.6) is 5.75 Å². The second-order valence-corrected chi connectivity index (χ2v) is 4.36. The van der Waals surface area contributed by atoms with E-state index < -0.39 is 10.9 Å². The summed E-state index contributed by atoms with van der Waals surface area (Å²) in [5.74, 6) is 0.786. The average molecular weight is 249 g/mol. The lowest BCUT2D eigenvalue weighted by Gasteiger charge is -2.12. The predicted octanol–water partition coefficient (Wildman–Crippen LogP) is 3.31. The molecule has 1 aromatic rings. The summed E-state index contributed by atoms with van der Waals surface area (Å²) >= 11 is 11.1. The SMILES string of the molecule is CCCOc1ccc(C(O)C(Cl)Cl)cc1. The van der Waals surface area contributed by atoms with Crippen LogP contribution in [0.15, 0.2) is 24.3 Å². The fourth-order valence-electron chi connectivity index (χ4n) is 1.13. The molecule has 1 aromatic carbocycles. The third-order valence-electron chi connectivity index (χ3n) is 1.93. The number of aliphatic hydroxyl groups excluding tert-OH is 1. The van der Waals surface area contributed by atoms with Crippen LogP contribution in [0.2, 0.25) is 0 Å². The first-order chi connectivity index (χ1) is 7.15. The lowest BCUT2D eigenvalue weighted by molar-refractivity contribution is 0.192. The van der Waals surface area contributed by atoms with Crippen molar-refractivity contribution in [1.29, 1.82) is 0 Å². The van der Waals surface area contributed by atoms with E-state index in [4.69, 9.17) is 27.9 Å². The van der Waals surface area contributed by atoms with Gasteiger partial charge >= 0.3 is 0 Å². The van der Waals surface area contributed by atoms with E-state index in [0.717, 1.165) is 12.2 Å². The molecule has 0 amide bonds. The smallest absolute Gasteiger partial charge is 0.137 e. The Hall–Kier alpha value is -0.440. The molecule has 0 aromatic heterocycles. The van der Waals surface area contributed by atoms with Gasteiger partial charge in [-0.15, -0.1) is 23.2 Å². The van der Waals surface area contributed by atoms with Gasteiger partial charge in [0, 0.05) is 0 Å². The van der Waals surface area contributed by atoms with Gasteiger partial charge in [-0.05, 0) is 24.1 Å². The van der Waals surface area contributed by atoms with Crippen molar-refractivity contribution < 1.29 is 9.84 Å². The van der Waals surface area contributed by atoms with Crippen molar-refractivity contribution in [2.75, 3.05) is 6.61 Å². The maximum atomic E-state index is 9.56. The van der Waals surface area contributed by atoms with Crippen LogP contribution in [0.25, 0.3) is 0 Å². The summed E-state index contributed by atoms with van der Waals surface area (Å²) in [5.41, 5.74) is 0.689. The summed E-state index contributed by atoms with van der Waals surface area (Å²) in [4.78, 5) is -0.813. The molecule has 0 bridgehead atoms. The van der Waals surface area contributed by atoms with Crippen molar-refractivity contribution in [3.63, 3.8) is 0 Å². The molecule has 0 radical (unpaired) electrons. The van der Waals surface area contributed by atoms with Crippen molar-refractivity contribution >= 4 is 23.2 Å². The van der Waals surface area contributed by atoms with Crippen LogP contribution < -0.4 is 4.74 Å². The van der Waals surface area contributed by atoms with Crippen LogP contribution >= 0.6 is 23.2 Å². The van der Waals surface area contributed by atoms with Crippen LogP contribution in [0.1, 0.15) is 25.0 Å². The summed E-state index contributed by atoms with van der Waals surface area (Å²) in [6, 6.07) is 7.11. The van der Waals surface area contributed by atoms with Crippen molar-refractivity contribution in [2.24, 2.45) is 0 Å². The van der Waals surface area contributed by atoms with Crippen LogP contribution in [0.3, 0.4) is 0 Å². The normalized spacial score (nSPS) is 12.9. The number of benzene rings is 1. The average Bonchev–Trinajstić information content (AvgIpc) is 2.26. The molecule has 0 aliphatic rings. The number of halogens is 2. The highest BCUT2D eigenvalue weighted by Gasteiger charge is 2.15. The molecule has 4 heteroatoms. The van der Waals surface area contributed by atoms with E-state index in [1.807, 2.05) is 6.92 Å². The predicted molar refractivity (Wildman–Crippen MR) is 62.7 cm³/mol. The van der Waals surface area contributed by atoms with Gasteiger partial charge in [0.05, 0.1) is 6.61 Å². The fourth-order valence-corrected chi connectivity index (χ4v) is 1.42. The Bertz CT molecular complexity index is 285. The third kappa shape index (κ3) is 3.90. The standard InChI is InChI=1S/C11H14Cl2O2/c1-2-7-15-9-5-3-8(4-6-9)10(14)11(12)13/h3-6,10-11,14H,2,7H2,1H3. The second-order valence-electron chi connectivity index (χ2n) is 3.20. The van der Waals surface area contributed by atoms with E-state index >= 15 is 0 Å². The van der Waals surface area contributed by atoms with E-state index in [-0.39, 0.29) is 0 Å². The highest BCUT2D eigenvalue weighted by atomic mass is 35.5. The minimum absolute atomic E-state index is 0.689. The van der Waals surface area contributed by atoms with Gasteiger partial charge in [0.15, 0.2) is 0 Å². The topological polar surface area (TPSA) is 29.5 Å². The van der Waals surface area contributed by atoms with Gasteiger partial charge in [-0.1, -0.05) is 19.1 Å². The Balaban J connectivity index is 2.63. The fraction of sp³-hybridized carbons (Fsp3) is 0.455. The maximum absolute atomic E-state index is 9.56. The first kappa shape index (κ1) is 12.6. The molecule has 0 spiro atoms. The molecular formula is C11H14Cl2O2. The third-order valence-corrected chi connectivity index (χ3v) is 2.41. The van der Waals surface area contributed by atoms with Gasteiger partial charge in [0.25, 0.3) is 0 Å². The number of hydrogen-bond donors (Lipinski definition) is 1. The monoisotopic (exact) mass is 248 g/mol. The highest BCUT2D eigenvalue weighted by molar-refractivity contribution is 6.44. The Morgan fingerprint density at radius 1 is 1.27 bits per heavy atom. The quantitative estimate of drug-likeness (QED) is 0.811. The number of rotatable bonds is 5. The first-order valence-corrected chi connectivity index (χ1v) is 5.71. The molecule has 0 fully saturated rings. The van der Waals surface area contributed by atoms with Gasteiger partial charge in [0.2, 0.25) is 0 Å². The molecule has 84 valence electrons. The lowest BCUT2D eigenvalue weighted by atomic mass is 10.1. The van der Waals surface area contributed by atoms with Gasteiger partial charge in [-0.3, -0.25) is 0 Å². The molecule has 0 saturated heterocycles. The molecule has 15 heavy (non-hydrogen) atoms. The van der Waals surface area contributed by atoms with Crippen molar-refractivity contribution in [2.45, 2.75) is 24.3 Å². The molecular weight excluding hydrogens is 235 g/mol. The maximum Gasteiger partial charge on any atom is 0.137 e. The van der Waals surface area contributed by atoms with Crippen molar-refractivity contribution in [3.05, 3.63) is 29.8 Å². The van der Waals surface area contributed by atoms with E-state index in [9.17, 15) is 5.11 Å². The summed E-state index contributed by atoms with van der Waals surface area (Å²) in [6.45, 7) is 2.74. The minimum Gasteiger partial charge on any atom is -0.494 e. The first-order valence-electron chi connectivity index (χ1n) is 4.84. The molecule has 1 unspecified atom stereocenters. The van der Waals surface area contributed by atoms with Gasteiger partial charge in [-0.25, -0.2) is 0 Å². The minimum atomic E-state index is -0.853. The molecule has 1 rings (SSSR count). The van der Waals surface area contributed by atoms with E-state index in [1.54, 1.807) is 24.3 Å². The van der Waals surface area contributed by atoms with Crippen LogP contribution in [0.4, 0.5) is 0 Å². The largest absolute Gasteiger partial charge is 0.494 e. The highest BCUT2D eigenvalue weighted by Crippen LogP contribution is 2.25. The van der Waals surface area contributed by atoms with Gasteiger partial charge in [-0.2, -0.15) is 0 Å². The Kier molecular flexibility index (Phi) is 5.23. The zero-order valence-electron chi connectivity index (χ0n) is 8.49. The molecule has 2 nitrogen and oxygen atoms in total. The summed E-state index contributed by atoms with van der Waals surface area (Å²) in [7, 11) is 0. The van der Waals surface area contributed by atoms with Gasteiger partial charge < -0.3 is 9.84 Å². The molecule has 0 aliphatic carbocycles. The molecule has 0 heterocycles. The number of ether oxygens (including phenoxy) is 1. The summed E-state index contributed by atoms with van der Waals surface area (Å²) in [5, 5.41) is 9.56. The van der Waals surface area contributed by atoms with Crippen LogP contribution in [-0.4, -0.2) is 16.5 Å². The Morgan fingerprint density at radius 2 is 1.87 bits per heavy atom. The number of hydrogen-bond acceptors (Lipinski definition) is 2. The lowest BCUT2D eigenvalue weighted by Crippen LogP contribution is -2.05. The molecule has 0 aliphatic heterocycles. The summed E-state index contributed by atoms with van der Waals surface area (Å²) < 4.78 is 5.40. The molecule has 0 saturated carbocycles. The molecule has 1 N–H and O–H groups in total. The van der Waals surface area contributed by atoms with Crippen molar-refractivity contribution in [1.82, 2.24) is 0 Å². The zero-order chi connectivity index (χ0) is 11.3. The van der Waals surface area contributed by atoms with Crippen LogP contribution in [-0.2, 0) is 0 Å². The zero-order valence-corrected chi connectivity index (χ0v) is 10.0.